The van der Waals surface area contributed by atoms with Crippen molar-refractivity contribution in [2.45, 2.75) is 0 Å². The van der Waals surface area contributed by atoms with E-state index < -0.39 is 0 Å². The fourth-order valence-electron chi connectivity index (χ4n) is 0. The molecule has 0 aromatic rings. The van der Waals surface area contributed by atoms with E-state index in [4.69, 9.17) is 0 Å². The molecule has 1 radical (unpaired) electrons. The van der Waals surface area contributed by atoms with E-state index in [2.05, 4.69) is 0 Å². The largest absolute Gasteiger partial charge is 0.344 e. The molecule has 0 unspecified atom stereocenters. The smallest absolute Gasteiger partial charge is 0 e. The summed E-state index contributed by atoms with van der Waals surface area (Å²) in [5.41, 5.74) is 0. The summed E-state index contributed by atoms with van der Waals surface area (Å²) in [6, 6.07) is 0. The fourth-order valence-corrected chi connectivity index (χ4v) is 0. The van der Waals surface area contributed by atoms with Crippen molar-refractivity contribution in [3.63, 3.8) is 0 Å². The zero-order valence-corrected chi connectivity index (χ0v) is 5.98. The molecule has 31 valence electrons. The first kappa shape index (κ1) is 44.6. The van der Waals surface area contributed by atoms with Gasteiger partial charge in [-0.25, -0.2) is 0 Å². The van der Waals surface area contributed by atoms with Crippen LogP contribution in [0.4, 0.5) is 0 Å². The average molecular weight is 227 g/mol. The Labute approximate surface area is 60.5 Å². The molecular weight excluding hydrogens is 224 g/mol. The van der Waals surface area contributed by atoms with Gasteiger partial charge in [-0.2, -0.15) is 0 Å². The van der Waals surface area contributed by atoms with Crippen LogP contribution in [0, 0.1) is 0 Å². The SMILES string of the molecule is N.[Mn].[Mo].[Ni]. The molecule has 0 fully saturated rings. The molecule has 0 aliphatic heterocycles. The van der Waals surface area contributed by atoms with Crippen LogP contribution >= 0.6 is 0 Å². The van der Waals surface area contributed by atoms with Crippen molar-refractivity contribution < 1.29 is 54.6 Å². The maximum atomic E-state index is 0. The topological polar surface area (TPSA) is 35.0 Å². The van der Waals surface area contributed by atoms with E-state index in [1.807, 2.05) is 0 Å². The maximum absolute atomic E-state index is 0. The minimum atomic E-state index is 0. The molecule has 0 atom stereocenters. The van der Waals surface area contributed by atoms with Crippen LogP contribution in [0.1, 0.15) is 0 Å². The Kier molecular flexibility index (Phi) is 252. The summed E-state index contributed by atoms with van der Waals surface area (Å²) in [7, 11) is 0. The second-order valence-electron chi connectivity index (χ2n) is 0. The first-order chi connectivity index (χ1) is 0. The van der Waals surface area contributed by atoms with Crippen LogP contribution in [-0.2, 0) is 54.6 Å². The summed E-state index contributed by atoms with van der Waals surface area (Å²) in [5.74, 6) is 0. The number of hydrogen-bond donors (Lipinski definition) is 1. The van der Waals surface area contributed by atoms with E-state index in [9.17, 15) is 0 Å². The van der Waals surface area contributed by atoms with Crippen molar-refractivity contribution in [2.24, 2.45) is 0 Å². The van der Waals surface area contributed by atoms with Crippen LogP contribution < -0.4 is 6.15 Å². The van der Waals surface area contributed by atoms with E-state index in [1.165, 1.54) is 0 Å². The van der Waals surface area contributed by atoms with Gasteiger partial charge in [-0.3, -0.25) is 0 Å². The van der Waals surface area contributed by atoms with Gasteiger partial charge < -0.3 is 6.15 Å². The van der Waals surface area contributed by atoms with Gasteiger partial charge in [0.2, 0.25) is 0 Å². The molecule has 0 rings (SSSR count). The van der Waals surface area contributed by atoms with Gasteiger partial charge in [0.15, 0.2) is 0 Å². The molecule has 0 aliphatic carbocycles. The molecule has 0 saturated carbocycles. The molecule has 0 amide bonds. The van der Waals surface area contributed by atoms with Crippen LogP contribution in [0.5, 0.6) is 0 Å². The summed E-state index contributed by atoms with van der Waals surface area (Å²) < 4.78 is 0. The molecule has 0 spiro atoms. The number of rotatable bonds is 0. The number of hydrogen-bond acceptors (Lipinski definition) is 1. The first-order valence-corrected chi connectivity index (χ1v) is 0. The third-order valence-electron chi connectivity index (χ3n) is 0. The summed E-state index contributed by atoms with van der Waals surface area (Å²) >= 11 is 0. The third-order valence-corrected chi connectivity index (χ3v) is 0. The van der Waals surface area contributed by atoms with Gasteiger partial charge in [0.1, 0.15) is 0 Å². The summed E-state index contributed by atoms with van der Waals surface area (Å²) in [6.45, 7) is 0. The first-order valence-electron chi connectivity index (χ1n) is 0. The standard InChI is InChI=1S/Mn.Mo.H3N.Ni/h;;1H3;. The maximum Gasteiger partial charge on any atom is 0 e. The Bertz CT molecular complexity index is 8.00. The van der Waals surface area contributed by atoms with Crippen molar-refractivity contribution in [1.29, 1.82) is 0 Å². The molecule has 0 heterocycles. The van der Waals surface area contributed by atoms with Crippen LogP contribution in [-0.4, -0.2) is 0 Å². The molecule has 0 aliphatic rings. The molecule has 3 N–H and O–H groups in total. The van der Waals surface area contributed by atoms with Crippen molar-refractivity contribution in [3.8, 4) is 0 Å². The van der Waals surface area contributed by atoms with E-state index in [1.54, 1.807) is 0 Å². The Morgan fingerprint density at radius 3 is 1.00 bits per heavy atom. The summed E-state index contributed by atoms with van der Waals surface area (Å²) in [6.07, 6.45) is 0. The molecule has 0 saturated heterocycles. The van der Waals surface area contributed by atoms with E-state index in [0.29, 0.717) is 0 Å². The Hall–Kier alpha value is 1.66. The molecule has 0 aromatic heterocycles. The van der Waals surface area contributed by atoms with Gasteiger partial charge in [-0.1, -0.05) is 0 Å². The normalized spacial score (nSPS) is 0. The molecular formula is H3MnMoNNi. The molecule has 1 nitrogen and oxygen atoms in total. The Morgan fingerprint density at radius 2 is 1.00 bits per heavy atom. The zero-order chi connectivity index (χ0) is 0. The second-order valence-corrected chi connectivity index (χ2v) is 0. The van der Waals surface area contributed by atoms with Crippen molar-refractivity contribution in [3.05, 3.63) is 0 Å². The van der Waals surface area contributed by atoms with Crippen molar-refractivity contribution in [1.82, 2.24) is 6.15 Å². The molecule has 4 heteroatoms. The van der Waals surface area contributed by atoms with Gasteiger partial charge in [0.05, 0.1) is 0 Å². The minimum Gasteiger partial charge on any atom is -0.344 e. The van der Waals surface area contributed by atoms with Gasteiger partial charge in [-0.15, -0.1) is 0 Å². The quantitative estimate of drug-likeness (QED) is 0.587. The van der Waals surface area contributed by atoms with Crippen LogP contribution in [0.3, 0.4) is 0 Å². The predicted molar refractivity (Wildman–Crippen MR) is 5.02 cm³/mol. The average Bonchev–Trinajstić information content (AvgIpc) is 0. The van der Waals surface area contributed by atoms with Crippen LogP contribution in [0.25, 0.3) is 0 Å². The van der Waals surface area contributed by atoms with E-state index in [-0.39, 0.29) is 60.8 Å². The van der Waals surface area contributed by atoms with Gasteiger partial charge >= 0.3 is 0 Å². The second kappa shape index (κ2) is 22.6. The molecule has 0 aromatic carbocycles. The zero-order valence-electron chi connectivity index (χ0n) is 1.81. The van der Waals surface area contributed by atoms with Crippen LogP contribution in [0.2, 0.25) is 0 Å². The van der Waals surface area contributed by atoms with Gasteiger partial charge in [0.25, 0.3) is 0 Å². The molecule has 4 heavy (non-hydrogen) atoms. The summed E-state index contributed by atoms with van der Waals surface area (Å²) in [4.78, 5) is 0. The Morgan fingerprint density at radius 1 is 1.00 bits per heavy atom. The van der Waals surface area contributed by atoms with Gasteiger partial charge in [0, 0.05) is 54.6 Å². The monoisotopic (exact) mass is 228 g/mol. The van der Waals surface area contributed by atoms with Crippen molar-refractivity contribution >= 4 is 0 Å². The van der Waals surface area contributed by atoms with Gasteiger partial charge in [-0.05, 0) is 0 Å². The van der Waals surface area contributed by atoms with Crippen molar-refractivity contribution in [2.75, 3.05) is 0 Å². The summed E-state index contributed by atoms with van der Waals surface area (Å²) in [5, 5.41) is 0. The van der Waals surface area contributed by atoms with E-state index >= 15 is 0 Å². The Balaban J connectivity index is 0. The third kappa shape index (κ3) is 9.40. The fraction of sp³-hybridized carbons (Fsp3) is 0. The molecule has 0 bridgehead atoms. The van der Waals surface area contributed by atoms with E-state index in [0.717, 1.165) is 0 Å². The minimum absolute atomic E-state index is 0. The van der Waals surface area contributed by atoms with Crippen LogP contribution in [0.15, 0.2) is 0 Å². The predicted octanol–water partition coefficient (Wildman–Crippen LogP) is 0.154.